The summed E-state index contributed by atoms with van der Waals surface area (Å²) in [5.41, 5.74) is 0. The second-order valence-corrected chi connectivity index (χ2v) is 14.7. The first-order valence-corrected chi connectivity index (χ1v) is 13.3. The molecule has 4 atom stereocenters. The minimum absolute atomic E-state index is 0.0333. The molecule has 0 amide bonds. The first kappa shape index (κ1) is 22.7. The van der Waals surface area contributed by atoms with E-state index in [0.29, 0.717) is 6.61 Å². The van der Waals surface area contributed by atoms with Gasteiger partial charge in [-0.1, -0.05) is 81.4 Å². The number of aliphatic hydroxyl groups excluding tert-OH is 1. The summed E-state index contributed by atoms with van der Waals surface area (Å²) < 4.78 is 19.4. The van der Waals surface area contributed by atoms with Crippen LogP contribution in [0.5, 0.6) is 0 Å². The molecule has 1 saturated heterocycles. The van der Waals surface area contributed by atoms with E-state index in [2.05, 4.69) is 81.4 Å². The largest absolute Gasteiger partial charge is 0.404 e. The van der Waals surface area contributed by atoms with E-state index >= 15 is 0 Å². The van der Waals surface area contributed by atoms with Gasteiger partial charge in [-0.2, -0.15) is 0 Å². The van der Waals surface area contributed by atoms with Crippen LogP contribution < -0.4 is 10.4 Å². The molecule has 4 nitrogen and oxygen atoms in total. The fourth-order valence-corrected chi connectivity index (χ4v) is 10.1. The molecule has 1 saturated carbocycles. The Morgan fingerprint density at radius 3 is 1.97 bits per heavy atom. The second kappa shape index (κ2) is 8.45. The van der Waals surface area contributed by atoms with E-state index in [-0.39, 0.29) is 35.7 Å². The molecule has 168 valence electrons. The van der Waals surface area contributed by atoms with Crippen molar-refractivity contribution in [3.63, 3.8) is 0 Å². The Balaban J connectivity index is 1.75. The van der Waals surface area contributed by atoms with Crippen LogP contribution in [0.3, 0.4) is 0 Å². The van der Waals surface area contributed by atoms with Gasteiger partial charge >= 0.3 is 0 Å². The van der Waals surface area contributed by atoms with Gasteiger partial charge in [-0.15, -0.1) is 0 Å². The fraction of sp³-hybridized carbons (Fsp3) is 0.538. The zero-order valence-electron chi connectivity index (χ0n) is 19.4. The van der Waals surface area contributed by atoms with Gasteiger partial charge in [0, 0.05) is 12.5 Å². The second-order valence-electron chi connectivity index (χ2n) is 10.4. The minimum atomic E-state index is -2.63. The van der Waals surface area contributed by atoms with Crippen molar-refractivity contribution in [2.45, 2.75) is 64.1 Å². The van der Waals surface area contributed by atoms with Crippen molar-refractivity contribution in [2.24, 2.45) is 11.8 Å². The molecule has 31 heavy (non-hydrogen) atoms. The molecule has 0 bridgehead atoms. The van der Waals surface area contributed by atoms with Gasteiger partial charge in [-0.05, 0) is 41.6 Å². The van der Waals surface area contributed by atoms with Crippen molar-refractivity contribution in [1.29, 1.82) is 0 Å². The van der Waals surface area contributed by atoms with Gasteiger partial charge in [0.1, 0.15) is 0 Å². The predicted molar refractivity (Wildman–Crippen MR) is 126 cm³/mol. The van der Waals surface area contributed by atoms with E-state index in [1.807, 2.05) is 13.8 Å². The van der Waals surface area contributed by atoms with Gasteiger partial charge in [-0.25, -0.2) is 0 Å². The van der Waals surface area contributed by atoms with Crippen LogP contribution in [-0.2, 0) is 13.9 Å². The Bertz CT molecular complexity index is 822. The molecule has 2 aromatic carbocycles. The van der Waals surface area contributed by atoms with Gasteiger partial charge in [0.15, 0.2) is 5.79 Å². The van der Waals surface area contributed by atoms with E-state index in [0.717, 1.165) is 6.42 Å². The summed E-state index contributed by atoms with van der Waals surface area (Å²) in [6.45, 7) is 11.5. The van der Waals surface area contributed by atoms with Crippen molar-refractivity contribution < 1.29 is 19.0 Å². The molecule has 2 aliphatic rings. The van der Waals surface area contributed by atoms with Crippen LogP contribution in [0.1, 0.15) is 41.0 Å². The normalized spacial score (nSPS) is 28.3. The zero-order chi connectivity index (χ0) is 22.3. The Labute approximate surface area is 187 Å². The predicted octanol–water partition coefficient (Wildman–Crippen LogP) is 3.71. The van der Waals surface area contributed by atoms with Gasteiger partial charge in [-0.3, -0.25) is 0 Å². The lowest BCUT2D eigenvalue weighted by atomic mass is 9.68. The van der Waals surface area contributed by atoms with Crippen molar-refractivity contribution in [3.8, 4) is 0 Å². The highest BCUT2D eigenvalue weighted by Gasteiger charge is 2.57. The molecule has 2 aromatic rings. The van der Waals surface area contributed by atoms with E-state index < -0.39 is 14.1 Å². The van der Waals surface area contributed by atoms with Gasteiger partial charge < -0.3 is 19.0 Å². The first-order valence-electron chi connectivity index (χ1n) is 11.4. The van der Waals surface area contributed by atoms with Crippen LogP contribution in [0.4, 0.5) is 0 Å². The monoisotopic (exact) mass is 440 g/mol. The maximum absolute atomic E-state index is 10.0. The average molecular weight is 441 g/mol. The third-order valence-corrected chi connectivity index (χ3v) is 12.0. The molecular weight excluding hydrogens is 404 g/mol. The number of benzene rings is 2. The van der Waals surface area contributed by atoms with Gasteiger partial charge in [0.2, 0.25) is 0 Å². The molecule has 0 unspecified atom stereocenters. The van der Waals surface area contributed by atoms with Crippen LogP contribution in [0.2, 0.25) is 5.04 Å². The van der Waals surface area contributed by atoms with Crippen LogP contribution >= 0.6 is 0 Å². The van der Waals surface area contributed by atoms with Crippen LogP contribution in [0, 0.1) is 11.8 Å². The van der Waals surface area contributed by atoms with Crippen LogP contribution in [-0.4, -0.2) is 44.6 Å². The number of hydrogen-bond donors (Lipinski definition) is 1. The van der Waals surface area contributed by atoms with E-state index in [1.165, 1.54) is 10.4 Å². The number of ether oxygens (including phenoxy) is 2. The highest BCUT2D eigenvalue weighted by Crippen LogP contribution is 2.47. The Hall–Kier alpha value is -1.50. The smallest absolute Gasteiger partial charge is 0.261 e. The summed E-state index contributed by atoms with van der Waals surface area (Å²) in [7, 11) is -2.63. The highest BCUT2D eigenvalue weighted by atomic mass is 28.4. The number of aliphatic hydroxyl groups is 1. The lowest BCUT2D eigenvalue weighted by molar-refractivity contribution is -0.171. The molecule has 5 heteroatoms. The maximum atomic E-state index is 10.0. The molecule has 1 aliphatic heterocycles. The molecule has 0 radical (unpaired) electrons. The Morgan fingerprint density at radius 2 is 1.55 bits per heavy atom. The molecule has 2 fully saturated rings. The van der Waals surface area contributed by atoms with Crippen molar-refractivity contribution in [2.75, 3.05) is 13.2 Å². The molecule has 0 aromatic heterocycles. The van der Waals surface area contributed by atoms with E-state index in [9.17, 15) is 5.11 Å². The summed E-state index contributed by atoms with van der Waals surface area (Å²) in [5.74, 6) is -0.262. The van der Waals surface area contributed by atoms with Crippen molar-refractivity contribution in [1.82, 2.24) is 0 Å². The zero-order valence-corrected chi connectivity index (χ0v) is 20.4. The molecule has 1 N–H and O–H groups in total. The summed E-state index contributed by atoms with van der Waals surface area (Å²) in [5, 5.41) is 12.5. The minimum Gasteiger partial charge on any atom is -0.404 e. The quantitative estimate of drug-likeness (QED) is 0.696. The van der Waals surface area contributed by atoms with Crippen LogP contribution in [0.15, 0.2) is 60.7 Å². The van der Waals surface area contributed by atoms with E-state index in [4.69, 9.17) is 13.9 Å². The standard InChI is InChI=1S/C26H36O4Si/c1-25(2,3)31(20-12-8-6-9-13-20,21-14-10-7-11-15-21)30-22-16-19(17-27)24(22)23-18-28-26(4,5)29-23/h6-15,19,22-24,27H,16-18H2,1-5H3/t19-,22+,23-,24-/m1/s1. The Kier molecular flexibility index (Phi) is 6.18. The lowest BCUT2D eigenvalue weighted by Crippen LogP contribution is -2.70. The topological polar surface area (TPSA) is 47.9 Å². The summed E-state index contributed by atoms with van der Waals surface area (Å²) in [6.07, 6.45) is 0.835. The summed E-state index contributed by atoms with van der Waals surface area (Å²) in [6, 6.07) is 21.5. The molecule has 1 heterocycles. The third kappa shape index (κ3) is 4.14. The number of rotatable bonds is 6. The Morgan fingerprint density at radius 1 is 1.00 bits per heavy atom. The van der Waals surface area contributed by atoms with Gasteiger partial charge in [0.25, 0.3) is 8.32 Å². The maximum Gasteiger partial charge on any atom is 0.261 e. The number of hydrogen-bond acceptors (Lipinski definition) is 4. The molecule has 1 aliphatic carbocycles. The highest BCUT2D eigenvalue weighted by molar-refractivity contribution is 6.99. The van der Waals surface area contributed by atoms with Crippen molar-refractivity contribution >= 4 is 18.7 Å². The lowest BCUT2D eigenvalue weighted by Gasteiger charge is -2.53. The third-order valence-electron chi connectivity index (χ3n) is 6.95. The molecule has 0 spiro atoms. The summed E-state index contributed by atoms with van der Waals surface area (Å²) >= 11 is 0. The SMILES string of the molecule is CC1(C)OC[C@H]([C@@H]2[C@@H](CO)C[C@@H]2O[Si](c2ccccc2)(c2ccccc2)C(C)(C)C)O1. The summed E-state index contributed by atoms with van der Waals surface area (Å²) in [4.78, 5) is 0. The van der Waals surface area contributed by atoms with Crippen molar-refractivity contribution in [3.05, 3.63) is 60.7 Å². The molecular formula is C26H36O4Si. The van der Waals surface area contributed by atoms with Crippen LogP contribution in [0.25, 0.3) is 0 Å². The average Bonchev–Trinajstić information content (AvgIpc) is 3.07. The first-order chi connectivity index (χ1) is 14.7. The van der Waals surface area contributed by atoms with Gasteiger partial charge in [0.05, 0.1) is 18.8 Å². The fourth-order valence-electron chi connectivity index (χ4n) is 5.41. The molecule has 4 rings (SSSR count). The van der Waals surface area contributed by atoms with E-state index in [1.54, 1.807) is 0 Å².